The Morgan fingerprint density at radius 3 is 2.59 bits per heavy atom. The third-order valence-electron chi connectivity index (χ3n) is 7.05. The fourth-order valence-electron chi connectivity index (χ4n) is 5.16. The summed E-state index contributed by atoms with van der Waals surface area (Å²) in [6.45, 7) is 4.15. The van der Waals surface area contributed by atoms with Crippen LogP contribution in [0.1, 0.15) is 62.1 Å². The van der Waals surface area contributed by atoms with Crippen molar-refractivity contribution >= 4 is 11.3 Å². The highest BCUT2D eigenvalue weighted by molar-refractivity contribution is 7.09. The maximum atomic E-state index is 13.4. The van der Waals surface area contributed by atoms with Crippen molar-refractivity contribution in [1.82, 2.24) is 14.8 Å². The average molecular weight is 430 g/mol. The van der Waals surface area contributed by atoms with Gasteiger partial charge in [-0.1, -0.05) is 0 Å². The lowest BCUT2D eigenvalue weighted by molar-refractivity contribution is -0.0751. The molecule has 5 nitrogen and oxygen atoms in total. The SMILES string of the molecule is COCC1CCCN1Cc1nc(C2(O)CCN(C3CCC(F)(F)CC3)CC2)cs1. The van der Waals surface area contributed by atoms with E-state index in [2.05, 4.69) is 9.80 Å². The maximum absolute atomic E-state index is 13.4. The Labute approximate surface area is 176 Å². The minimum atomic E-state index is -2.48. The van der Waals surface area contributed by atoms with Gasteiger partial charge < -0.3 is 14.7 Å². The molecule has 4 rings (SSSR count). The van der Waals surface area contributed by atoms with Crippen LogP contribution in [0.15, 0.2) is 5.38 Å². The predicted octanol–water partition coefficient (Wildman–Crippen LogP) is 3.62. The fourth-order valence-corrected chi connectivity index (χ4v) is 6.07. The molecule has 0 amide bonds. The van der Waals surface area contributed by atoms with E-state index >= 15 is 0 Å². The van der Waals surface area contributed by atoms with Crippen molar-refractivity contribution in [1.29, 1.82) is 0 Å². The van der Waals surface area contributed by atoms with Crippen molar-refractivity contribution in [2.75, 3.05) is 33.4 Å². The van der Waals surface area contributed by atoms with Crippen molar-refractivity contribution in [2.24, 2.45) is 0 Å². The number of aliphatic hydroxyl groups is 1. The van der Waals surface area contributed by atoms with Gasteiger partial charge in [0.05, 0.1) is 18.8 Å². The molecule has 0 bridgehead atoms. The van der Waals surface area contributed by atoms with E-state index in [-0.39, 0.29) is 18.9 Å². The molecule has 0 spiro atoms. The molecule has 1 aromatic heterocycles. The van der Waals surface area contributed by atoms with Gasteiger partial charge in [0.1, 0.15) is 10.6 Å². The summed E-state index contributed by atoms with van der Waals surface area (Å²) in [6.07, 6.45) is 4.72. The van der Waals surface area contributed by atoms with E-state index in [1.165, 1.54) is 12.8 Å². The van der Waals surface area contributed by atoms with Crippen LogP contribution in [-0.4, -0.2) is 71.2 Å². The molecule has 8 heteroatoms. The van der Waals surface area contributed by atoms with E-state index < -0.39 is 11.5 Å². The number of thiazole rings is 1. The molecule has 1 unspecified atom stereocenters. The van der Waals surface area contributed by atoms with Crippen LogP contribution in [-0.2, 0) is 16.9 Å². The number of alkyl halides is 2. The van der Waals surface area contributed by atoms with E-state index in [9.17, 15) is 13.9 Å². The largest absolute Gasteiger partial charge is 0.383 e. The molecule has 164 valence electrons. The van der Waals surface area contributed by atoms with Gasteiger partial charge in [-0.25, -0.2) is 13.8 Å². The lowest BCUT2D eigenvalue weighted by atomic mass is 9.85. The van der Waals surface area contributed by atoms with Gasteiger partial charge in [0.25, 0.3) is 0 Å². The normalized spacial score (nSPS) is 28.8. The van der Waals surface area contributed by atoms with Crippen molar-refractivity contribution < 1.29 is 18.6 Å². The first-order chi connectivity index (χ1) is 13.9. The summed E-state index contributed by atoms with van der Waals surface area (Å²) in [5, 5.41) is 14.3. The quantitative estimate of drug-likeness (QED) is 0.749. The van der Waals surface area contributed by atoms with Crippen LogP contribution in [0.3, 0.4) is 0 Å². The molecule has 2 aliphatic heterocycles. The second kappa shape index (κ2) is 8.83. The second-order valence-electron chi connectivity index (χ2n) is 9.00. The number of methoxy groups -OCH3 is 1. The van der Waals surface area contributed by atoms with Crippen molar-refractivity contribution in [3.8, 4) is 0 Å². The Morgan fingerprint density at radius 2 is 1.90 bits per heavy atom. The van der Waals surface area contributed by atoms with Crippen LogP contribution in [0, 0.1) is 0 Å². The molecule has 29 heavy (non-hydrogen) atoms. The minimum absolute atomic E-state index is 0.00551. The third kappa shape index (κ3) is 4.98. The van der Waals surface area contributed by atoms with E-state index in [0.29, 0.717) is 31.7 Å². The first-order valence-corrected chi connectivity index (χ1v) is 11.8. The highest BCUT2D eigenvalue weighted by Gasteiger charge is 2.41. The van der Waals surface area contributed by atoms with Gasteiger partial charge in [0.2, 0.25) is 5.92 Å². The van der Waals surface area contributed by atoms with Crippen molar-refractivity contribution in [3.05, 3.63) is 16.1 Å². The zero-order chi connectivity index (χ0) is 20.5. The molecule has 1 saturated carbocycles. The Bertz CT molecular complexity index is 669. The van der Waals surface area contributed by atoms with Crippen LogP contribution in [0.25, 0.3) is 0 Å². The number of piperidine rings is 1. The molecule has 1 N–H and O–H groups in total. The number of rotatable bonds is 6. The Morgan fingerprint density at radius 1 is 1.17 bits per heavy atom. The molecule has 3 fully saturated rings. The minimum Gasteiger partial charge on any atom is -0.383 e. The molecule has 3 heterocycles. The summed E-state index contributed by atoms with van der Waals surface area (Å²) >= 11 is 1.63. The first kappa shape index (κ1) is 21.6. The van der Waals surface area contributed by atoms with Crippen LogP contribution < -0.4 is 0 Å². The lowest BCUT2D eigenvalue weighted by Gasteiger charge is -2.43. The zero-order valence-corrected chi connectivity index (χ0v) is 18.1. The monoisotopic (exact) mass is 429 g/mol. The summed E-state index contributed by atoms with van der Waals surface area (Å²) in [6, 6.07) is 0.694. The van der Waals surface area contributed by atoms with Crippen molar-refractivity contribution in [3.63, 3.8) is 0 Å². The molecule has 1 aliphatic carbocycles. The first-order valence-electron chi connectivity index (χ1n) is 10.9. The van der Waals surface area contributed by atoms with Crippen LogP contribution >= 0.6 is 11.3 Å². The summed E-state index contributed by atoms with van der Waals surface area (Å²) < 4.78 is 32.2. The molecule has 1 atom stereocenters. The fraction of sp³-hybridized carbons (Fsp3) is 0.857. The number of halogens is 2. The molecular formula is C21H33F2N3O2S. The van der Waals surface area contributed by atoms with E-state index in [1.54, 1.807) is 18.4 Å². The van der Waals surface area contributed by atoms with Gasteiger partial charge in [0.15, 0.2) is 0 Å². The summed E-state index contributed by atoms with van der Waals surface area (Å²) in [5.74, 6) is -2.48. The maximum Gasteiger partial charge on any atom is 0.248 e. The lowest BCUT2D eigenvalue weighted by Crippen LogP contribution is -2.49. The molecule has 0 aromatic carbocycles. The smallest absolute Gasteiger partial charge is 0.248 e. The van der Waals surface area contributed by atoms with Crippen LogP contribution in [0.5, 0.6) is 0 Å². The van der Waals surface area contributed by atoms with Crippen molar-refractivity contribution in [2.45, 2.75) is 81.5 Å². The number of likely N-dealkylation sites (tertiary alicyclic amines) is 2. The number of aromatic nitrogens is 1. The summed E-state index contributed by atoms with van der Waals surface area (Å²) in [4.78, 5) is 9.52. The second-order valence-corrected chi connectivity index (χ2v) is 9.95. The number of hydrogen-bond donors (Lipinski definition) is 1. The highest BCUT2D eigenvalue weighted by Crippen LogP contribution is 2.39. The molecule has 1 aromatic rings. The topological polar surface area (TPSA) is 48.8 Å². The van der Waals surface area contributed by atoms with Gasteiger partial charge in [-0.15, -0.1) is 11.3 Å². The molecule has 3 aliphatic rings. The summed E-state index contributed by atoms with van der Waals surface area (Å²) in [7, 11) is 1.75. The number of hydrogen-bond acceptors (Lipinski definition) is 6. The molecule has 2 saturated heterocycles. The highest BCUT2D eigenvalue weighted by atomic mass is 32.1. The summed E-state index contributed by atoms with van der Waals surface area (Å²) in [5.41, 5.74) is -0.101. The Balaban J connectivity index is 1.32. The van der Waals surface area contributed by atoms with E-state index in [1.807, 2.05) is 5.38 Å². The van der Waals surface area contributed by atoms with E-state index in [4.69, 9.17) is 9.72 Å². The van der Waals surface area contributed by atoms with Crippen LogP contribution in [0.2, 0.25) is 0 Å². The van der Waals surface area contributed by atoms with Gasteiger partial charge >= 0.3 is 0 Å². The van der Waals surface area contributed by atoms with Crippen LogP contribution in [0.4, 0.5) is 8.78 Å². The molecule has 0 radical (unpaired) electrons. The third-order valence-corrected chi connectivity index (χ3v) is 7.89. The van der Waals surface area contributed by atoms with Gasteiger partial charge in [-0.3, -0.25) is 4.90 Å². The van der Waals surface area contributed by atoms with Gasteiger partial charge in [-0.2, -0.15) is 0 Å². The Kier molecular flexibility index (Phi) is 6.56. The average Bonchev–Trinajstić information content (AvgIpc) is 3.34. The number of ether oxygens (including phenoxy) is 1. The molecular weight excluding hydrogens is 396 g/mol. The predicted molar refractivity (Wildman–Crippen MR) is 109 cm³/mol. The van der Waals surface area contributed by atoms with Gasteiger partial charge in [-0.05, 0) is 45.1 Å². The van der Waals surface area contributed by atoms with E-state index in [0.717, 1.165) is 43.5 Å². The standard InChI is InChI=1S/C21H33F2N3O2S/c1-28-14-17-3-2-10-26(17)13-19-24-18(15-29-19)20(27)8-11-25(12-9-20)16-4-6-21(22,23)7-5-16/h15-17,27H,2-14H2,1H3. The van der Waals surface area contributed by atoms with Gasteiger partial charge in [0, 0.05) is 50.5 Å². The number of nitrogens with zero attached hydrogens (tertiary/aromatic N) is 3. The Hall–Kier alpha value is -0.670. The zero-order valence-electron chi connectivity index (χ0n) is 17.3.